The van der Waals surface area contributed by atoms with Crippen molar-refractivity contribution in [1.29, 1.82) is 0 Å². The van der Waals surface area contributed by atoms with Gasteiger partial charge in [0.25, 0.3) is 0 Å². The maximum atomic E-state index is 10.2. The molecule has 2 N–H and O–H groups in total. The third-order valence-corrected chi connectivity index (χ3v) is 4.14. The molecular weight excluding hydrogens is 276 g/mol. The van der Waals surface area contributed by atoms with Crippen LogP contribution < -0.4 is 4.74 Å². The fourth-order valence-corrected chi connectivity index (χ4v) is 3.20. The first-order valence-corrected chi connectivity index (χ1v) is 6.86. The van der Waals surface area contributed by atoms with Crippen molar-refractivity contribution in [2.24, 2.45) is 0 Å². The van der Waals surface area contributed by atoms with Crippen LogP contribution in [0.25, 0.3) is 0 Å². The molecule has 0 fully saturated rings. The number of hydrogen-bond donors (Lipinski definition) is 2. The molecule has 104 valence electrons. The van der Waals surface area contributed by atoms with Crippen LogP contribution in [0.2, 0.25) is 5.02 Å². The highest BCUT2D eigenvalue weighted by molar-refractivity contribution is 6.30. The maximum absolute atomic E-state index is 10.2. The number of benzene rings is 2. The summed E-state index contributed by atoms with van der Waals surface area (Å²) in [7, 11) is 1.62. The van der Waals surface area contributed by atoms with Gasteiger partial charge in [0, 0.05) is 27.6 Å². The highest BCUT2D eigenvalue weighted by Crippen LogP contribution is 2.48. The van der Waals surface area contributed by atoms with Gasteiger partial charge in [0.2, 0.25) is 0 Å². The summed E-state index contributed by atoms with van der Waals surface area (Å²) in [4.78, 5) is 0. The minimum Gasteiger partial charge on any atom is -0.508 e. The molecule has 0 aromatic heterocycles. The van der Waals surface area contributed by atoms with E-state index < -0.39 is 0 Å². The summed E-state index contributed by atoms with van der Waals surface area (Å²) in [5.41, 5.74) is 2.60. The van der Waals surface area contributed by atoms with E-state index in [1.807, 2.05) is 0 Å². The van der Waals surface area contributed by atoms with E-state index in [-0.39, 0.29) is 17.4 Å². The lowest BCUT2D eigenvalue weighted by molar-refractivity contribution is 0.407. The third kappa shape index (κ3) is 1.98. The van der Waals surface area contributed by atoms with Crippen LogP contribution >= 0.6 is 11.6 Å². The molecule has 0 aliphatic heterocycles. The van der Waals surface area contributed by atoms with Crippen molar-refractivity contribution < 1.29 is 14.9 Å². The van der Waals surface area contributed by atoms with Crippen molar-refractivity contribution in [2.75, 3.05) is 7.11 Å². The summed E-state index contributed by atoms with van der Waals surface area (Å²) < 4.78 is 5.35. The van der Waals surface area contributed by atoms with E-state index in [0.29, 0.717) is 5.02 Å². The van der Waals surface area contributed by atoms with Gasteiger partial charge in [0.15, 0.2) is 0 Å². The quantitative estimate of drug-likeness (QED) is 0.883. The Labute approximate surface area is 122 Å². The molecule has 0 heterocycles. The molecule has 3 nitrogen and oxygen atoms in total. The van der Waals surface area contributed by atoms with Crippen molar-refractivity contribution in [3.8, 4) is 17.2 Å². The number of phenolic OH excluding ortho intramolecular Hbond substituents is 2. The number of halogens is 1. The standard InChI is InChI=1S/C16H15ClO3/c1-20-15-7-6-14(19)16-10(3-4-11(15)16)12-8-9(17)2-5-13(12)18/h2,5-8,10,18-19H,3-4H2,1H3. The van der Waals surface area contributed by atoms with Crippen LogP contribution in [0.4, 0.5) is 0 Å². The zero-order chi connectivity index (χ0) is 14.3. The number of aromatic hydroxyl groups is 2. The van der Waals surface area contributed by atoms with Gasteiger partial charge in [-0.3, -0.25) is 0 Å². The average Bonchev–Trinajstić information content (AvgIpc) is 2.88. The normalized spacial score (nSPS) is 17.0. The molecule has 1 aliphatic rings. The van der Waals surface area contributed by atoms with E-state index in [9.17, 15) is 10.2 Å². The summed E-state index contributed by atoms with van der Waals surface area (Å²) in [5, 5.41) is 20.8. The Morgan fingerprint density at radius 1 is 1.15 bits per heavy atom. The first kappa shape index (κ1) is 13.1. The molecule has 0 bridgehead atoms. The second-order valence-electron chi connectivity index (χ2n) is 4.97. The van der Waals surface area contributed by atoms with Crippen molar-refractivity contribution in [2.45, 2.75) is 18.8 Å². The zero-order valence-corrected chi connectivity index (χ0v) is 11.8. The first-order chi connectivity index (χ1) is 9.61. The summed E-state index contributed by atoms with van der Waals surface area (Å²) >= 11 is 6.02. The molecule has 0 radical (unpaired) electrons. The summed E-state index contributed by atoms with van der Waals surface area (Å²) in [6, 6.07) is 8.41. The molecular formula is C16H15ClO3. The fourth-order valence-electron chi connectivity index (χ4n) is 3.02. The summed E-state index contributed by atoms with van der Waals surface area (Å²) in [5.74, 6) is 1.16. The Bertz CT molecular complexity index is 667. The lowest BCUT2D eigenvalue weighted by atomic mass is 9.91. The van der Waals surface area contributed by atoms with Gasteiger partial charge >= 0.3 is 0 Å². The SMILES string of the molecule is COc1ccc(O)c2c1CCC2c1cc(Cl)ccc1O. The molecule has 2 aromatic rings. The van der Waals surface area contributed by atoms with Gasteiger partial charge in [0.1, 0.15) is 17.2 Å². The Morgan fingerprint density at radius 3 is 2.65 bits per heavy atom. The van der Waals surface area contributed by atoms with E-state index in [2.05, 4.69) is 0 Å². The largest absolute Gasteiger partial charge is 0.508 e. The molecule has 1 atom stereocenters. The van der Waals surface area contributed by atoms with Gasteiger partial charge in [-0.2, -0.15) is 0 Å². The molecule has 0 saturated heterocycles. The highest BCUT2D eigenvalue weighted by Gasteiger charge is 2.31. The van der Waals surface area contributed by atoms with Crippen LogP contribution in [0.1, 0.15) is 29.0 Å². The van der Waals surface area contributed by atoms with E-state index >= 15 is 0 Å². The summed E-state index contributed by atoms with van der Waals surface area (Å²) in [6.45, 7) is 0. The van der Waals surface area contributed by atoms with Crippen LogP contribution in [-0.4, -0.2) is 17.3 Å². The Morgan fingerprint density at radius 2 is 1.90 bits per heavy atom. The molecule has 0 saturated carbocycles. The second-order valence-corrected chi connectivity index (χ2v) is 5.41. The fraction of sp³-hybridized carbons (Fsp3) is 0.250. The van der Waals surface area contributed by atoms with E-state index in [1.54, 1.807) is 37.4 Å². The maximum Gasteiger partial charge on any atom is 0.122 e. The lowest BCUT2D eigenvalue weighted by Crippen LogP contribution is -1.98. The highest BCUT2D eigenvalue weighted by atomic mass is 35.5. The van der Waals surface area contributed by atoms with Crippen molar-refractivity contribution >= 4 is 11.6 Å². The lowest BCUT2D eigenvalue weighted by Gasteiger charge is -2.16. The average molecular weight is 291 g/mol. The van der Waals surface area contributed by atoms with Crippen molar-refractivity contribution in [1.82, 2.24) is 0 Å². The van der Waals surface area contributed by atoms with E-state index in [1.165, 1.54) is 0 Å². The van der Waals surface area contributed by atoms with Crippen LogP contribution in [0.5, 0.6) is 17.2 Å². The number of hydrogen-bond acceptors (Lipinski definition) is 3. The number of fused-ring (bicyclic) bond motifs is 1. The molecule has 1 unspecified atom stereocenters. The molecule has 20 heavy (non-hydrogen) atoms. The monoisotopic (exact) mass is 290 g/mol. The van der Waals surface area contributed by atoms with Crippen LogP contribution in [0.15, 0.2) is 30.3 Å². The molecule has 4 heteroatoms. The van der Waals surface area contributed by atoms with Gasteiger partial charge < -0.3 is 14.9 Å². The smallest absolute Gasteiger partial charge is 0.122 e. The number of methoxy groups -OCH3 is 1. The minimum absolute atomic E-state index is 0.0567. The van der Waals surface area contributed by atoms with Crippen LogP contribution in [-0.2, 0) is 6.42 Å². The Kier molecular flexibility index (Phi) is 3.22. The van der Waals surface area contributed by atoms with Crippen LogP contribution in [0.3, 0.4) is 0 Å². The summed E-state index contributed by atoms with van der Waals surface area (Å²) in [6.07, 6.45) is 1.63. The topological polar surface area (TPSA) is 49.7 Å². The zero-order valence-electron chi connectivity index (χ0n) is 11.1. The number of rotatable bonds is 2. The van der Waals surface area contributed by atoms with Gasteiger partial charge in [-0.05, 0) is 43.2 Å². The van der Waals surface area contributed by atoms with E-state index in [4.69, 9.17) is 16.3 Å². The molecule has 1 aliphatic carbocycles. The molecule has 3 rings (SSSR count). The van der Waals surface area contributed by atoms with Gasteiger partial charge in [-0.15, -0.1) is 0 Å². The predicted octanol–water partition coefficient (Wildman–Crippen LogP) is 3.84. The van der Waals surface area contributed by atoms with Gasteiger partial charge in [0.05, 0.1) is 7.11 Å². The predicted molar refractivity (Wildman–Crippen MR) is 77.9 cm³/mol. The van der Waals surface area contributed by atoms with E-state index in [0.717, 1.165) is 35.3 Å². The number of phenols is 2. The Hall–Kier alpha value is -1.87. The van der Waals surface area contributed by atoms with Crippen molar-refractivity contribution in [3.63, 3.8) is 0 Å². The first-order valence-electron chi connectivity index (χ1n) is 6.49. The second kappa shape index (κ2) is 4.91. The van der Waals surface area contributed by atoms with Crippen molar-refractivity contribution in [3.05, 3.63) is 52.0 Å². The molecule has 0 spiro atoms. The minimum atomic E-state index is -0.0567. The molecule has 0 amide bonds. The number of ether oxygens (including phenoxy) is 1. The van der Waals surface area contributed by atoms with Gasteiger partial charge in [-0.25, -0.2) is 0 Å². The van der Waals surface area contributed by atoms with Gasteiger partial charge in [-0.1, -0.05) is 11.6 Å². The Balaban J connectivity index is 2.16. The molecule has 2 aromatic carbocycles. The third-order valence-electron chi connectivity index (χ3n) is 3.91. The van der Waals surface area contributed by atoms with Crippen LogP contribution in [0, 0.1) is 0 Å².